The Morgan fingerprint density at radius 3 is 2.38 bits per heavy atom. The Morgan fingerprint density at radius 1 is 1.10 bits per heavy atom. The highest BCUT2D eigenvalue weighted by atomic mass is 19.3. The van der Waals surface area contributed by atoms with Gasteiger partial charge in [-0.25, -0.2) is 13.2 Å². The van der Waals surface area contributed by atoms with E-state index in [1.807, 2.05) is 0 Å². The van der Waals surface area contributed by atoms with Gasteiger partial charge in [-0.1, -0.05) is 24.3 Å². The summed E-state index contributed by atoms with van der Waals surface area (Å²) < 4.78 is 43.6. The van der Waals surface area contributed by atoms with Gasteiger partial charge in [-0.2, -0.15) is 0 Å². The summed E-state index contributed by atoms with van der Waals surface area (Å²) in [6, 6.07) is 10.6. The van der Waals surface area contributed by atoms with E-state index in [0.717, 1.165) is 5.56 Å². The zero-order valence-electron chi connectivity index (χ0n) is 11.6. The molecule has 2 aromatic carbocycles. The lowest BCUT2D eigenvalue weighted by molar-refractivity contribution is 0.151. The molecule has 0 heterocycles. The van der Waals surface area contributed by atoms with Gasteiger partial charge in [0.1, 0.15) is 0 Å². The van der Waals surface area contributed by atoms with Gasteiger partial charge < -0.3 is 10.1 Å². The smallest absolute Gasteiger partial charge is 0.263 e. The number of halogens is 3. The molecule has 0 saturated heterocycles. The number of nitrogens with one attached hydrogen (secondary N) is 1. The lowest BCUT2D eigenvalue weighted by atomic mass is 10.1. The van der Waals surface area contributed by atoms with Crippen molar-refractivity contribution in [3.63, 3.8) is 0 Å². The van der Waals surface area contributed by atoms with Gasteiger partial charge in [-0.05, 0) is 24.6 Å². The van der Waals surface area contributed by atoms with Crippen LogP contribution in [0.2, 0.25) is 0 Å². The summed E-state index contributed by atoms with van der Waals surface area (Å²) in [5.74, 6) is -0.223. The summed E-state index contributed by atoms with van der Waals surface area (Å²) in [6.45, 7) is 2.62. The van der Waals surface area contributed by atoms with Crippen LogP contribution in [-0.4, -0.2) is 6.61 Å². The van der Waals surface area contributed by atoms with Crippen LogP contribution in [0.4, 0.5) is 18.9 Å². The van der Waals surface area contributed by atoms with Crippen molar-refractivity contribution in [3.05, 3.63) is 59.4 Å². The monoisotopic (exact) mass is 295 g/mol. The van der Waals surface area contributed by atoms with Gasteiger partial charge >= 0.3 is 0 Å². The molecular weight excluding hydrogens is 279 g/mol. The molecule has 0 bridgehead atoms. The van der Waals surface area contributed by atoms with Crippen LogP contribution in [0.25, 0.3) is 0 Å². The molecule has 2 aromatic rings. The molecule has 1 N–H and O–H groups in total. The van der Waals surface area contributed by atoms with Crippen molar-refractivity contribution in [2.24, 2.45) is 0 Å². The first-order chi connectivity index (χ1) is 10.1. The molecule has 0 saturated carbocycles. The van der Waals surface area contributed by atoms with E-state index in [2.05, 4.69) is 5.32 Å². The molecule has 0 fully saturated rings. The minimum absolute atomic E-state index is 0.00846. The first-order valence-corrected chi connectivity index (χ1v) is 6.63. The number of hydrogen-bond donors (Lipinski definition) is 1. The highest BCUT2D eigenvalue weighted by Gasteiger charge is 2.06. The lowest BCUT2D eigenvalue weighted by Crippen LogP contribution is -2.01. The Kier molecular flexibility index (Phi) is 5.09. The minimum atomic E-state index is -2.47. The number of hydrogen-bond acceptors (Lipinski definition) is 2. The van der Waals surface area contributed by atoms with Crippen LogP contribution in [0.5, 0.6) is 5.75 Å². The van der Waals surface area contributed by atoms with Crippen LogP contribution in [0.3, 0.4) is 0 Å². The second-order valence-corrected chi connectivity index (χ2v) is 4.47. The molecule has 0 aliphatic heterocycles. The third-order valence-electron chi connectivity index (χ3n) is 2.96. The lowest BCUT2D eigenvalue weighted by Gasteiger charge is -2.10. The molecule has 2 nitrogen and oxygen atoms in total. The number of ether oxygens (including phenoxy) is 1. The van der Waals surface area contributed by atoms with Crippen molar-refractivity contribution in [2.45, 2.75) is 19.9 Å². The van der Waals surface area contributed by atoms with Crippen LogP contribution in [0.1, 0.15) is 24.5 Å². The fraction of sp³-hybridized carbons (Fsp3) is 0.250. The molecule has 21 heavy (non-hydrogen) atoms. The van der Waals surface area contributed by atoms with Crippen LogP contribution < -0.4 is 10.1 Å². The van der Waals surface area contributed by atoms with Gasteiger partial charge in [0, 0.05) is 23.9 Å². The van der Waals surface area contributed by atoms with Gasteiger partial charge in [0.15, 0.2) is 11.6 Å². The highest BCUT2D eigenvalue weighted by molar-refractivity contribution is 5.47. The van der Waals surface area contributed by atoms with Gasteiger partial charge in [0.25, 0.3) is 6.43 Å². The first kappa shape index (κ1) is 15.2. The molecule has 0 aromatic heterocycles. The Balaban J connectivity index is 1.97. The third-order valence-corrected chi connectivity index (χ3v) is 2.96. The summed E-state index contributed by atoms with van der Waals surface area (Å²) in [5.41, 5.74) is 1.44. The predicted molar refractivity (Wildman–Crippen MR) is 76.3 cm³/mol. The molecule has 0 aliphatic carbocycles. The first-order valence-electron chi connectivity index (χ1n) is 6.63. The topological polar surface area (TPSA) is 21.3 Å². The Morgan fingerprint density at radius 2 is 1.81 bits per heavy atom. The molecule has 0 unspecified atom stereocenters. The molecule has 0 atom stereocenters. The fourth-order valence-corrected chi connectivity index (χ4v) is 1.87. The second-order valence-electron chi connectivity index (χ2n) is 4.47. The number of benzene rings is 2. The van der Waals surface area contributed by atoms with Crippen molar-refractivity contribution in [1.29, 1.82) is 0 Å². The number of rotatable bonds is 6. The summed E-state index contributed by atoms with van der Waals surface area (Å²) in [4.78, 5) is 0. The molecule has 0 spiro atoms. The molecule has 0 aliphatic rings. The summed E-state index contributed by atoms with van der Waals surface area (Å²) in [5, 5.41) is 3.04. The van der Waals surface area contributed by atoms with Gasteiger partial charge in [0.2, 0.25) is 0 Å². The van der Waals surface area contributed by atoms with Crippen LogP contribution in [0, 0.1) is 5.82 Å². The van der Waals surface area contributed by atoms with E-state index in [1.165, 1.54) is 18.2 Å². The van der Waals surface area contributed by atoms with Crippen molar-refractivity contribution in [2.75, 3.05) is 11.9 Å². The SMILES string of the molecule is CCOc1ccc(NCc2ccc(C(F)F)cc2)cc1F. The van der Waals surface area contributed by atoms with Crippen LogP contribution >= 0.6 is 0 Å². The van der Waals surface area contributed by atoms with E-state index in [0.29, 0.717) is 18.8 Å². The highest BCUT2D eigenvalue weighted by Crippen LogP contribution is 2.22. The Hall–Kier alpha value is -2.17. The molecule has 112 valence electrons. The molecule has 0 radical (unpaired) electrons. The third kappa shape index (κ3) is 4.15. The van der Waals surface area contributed by atoms with E-state index in [-0.39, 0.29) is 11.3 Å². The Bertz CT molecular complexity index is 585. The van der Waals surface area contributed by atoms with Crippen molar-refractivity contribution < 1.29 is 17.9 Å². The maximum atomic E-state index is 13.7. The van der Waals surface area contributed by atoms with E-state index in [9.17, 15) is 13.2 Å². The standard InChI is InChI=1S/C16H16F3NO/c1-2-21-15-8-7-13(9-14(15)17)20-10-11-3-5-12(6-4-11)16(18)19/h3-9,16,20H,2,10H2,1H3. The van der Waals surface area contributed by atoms with Crippen molar-refractivity contribution in [3.8, 4) is 5.75 Å². The number of alkyl halides is 2. The molecule has 2 rings (SSSR count). The van der Waals surface area contributed by atoms with Crippen molar-refractivity contribution >= 4 is 5.69 Å². The Labute approximate surface area is 121 Å². The van der Waals surface area contributed by atoms with Gasteiger partial charge in [-0.3, -0.25) is 0 Å². The fourth-order valence-electron chi connectivity index (χ4n) is 1.87. The predicted octanol–water partition coefficient (Wildman–Crippen LogP) is 4.77. The van der Waals surface area contributed by atoms with Crippen LogP contribution in [0.15, 0.2) is 42.5 Å². The maximum Gasteiger partial charge on any atom is 0.263 e. The maximum absolute atomic E-state index is 13.7. The average Bonchev–Trinajstić information content (AvgIpc) is 2.48. The van der Waals surface area contributed by atoms with E-state index >= 15 is 0 Å². The van der Waals surface area contributed by atoms with E-state index < -0.39 is 12.2 Å². The average molecular weight is 295 g/mol. The van der Waals surface area contributed by atoms with Gasteiger partial charge in [0.05, 0.1) is 6.61 Å². The zero-order valence-corrected chi connectivity index (χ0v) is 11.6. The number of anilines is 1. The summed E-state index contributed by atoms with van der Waals surface area (Å²) in [6.07, 6.45) is -2.47. The summed E-state index contributed by atoms with van der Waals surface area (Å²) >= 11 is 0. The van der Waals surface area contributed by atoms with Crippen molar-refractivity contribution in [1.82, 2.24) is 0 Å². The minimum Gasteiger partial charge on any atom is -0.491 e. The summed E-state index contributed by atoms with van der Waals surface area (Å²) in [7, 11) is 0. The normalized spacial score (nSPS) is 10.7. The molecule has 5 heteroatoms. The van der Waals surface area contributed by atoms with E-state index in [1.54, 1.807) is 31.2 Å². The van der Waals surface area contributed by atoms with E-state index in [4.69, 9.17) is 4.74 Å². The second kappa shape index (κ2) is 7.02. The van der Waals surface area contributed by atoms with Crippen LogP contribution in [-0.2, 0) is 6.54 Å². The van der Waals surface area contributed by atoms with Gasteiger partial charge in [-0.15, -0.1) is 0 Å². The quantitative estimate of drug-likeness (QED) is 0.828. The largest absolute Gasteiger partial charge is 0.491 e. The molecule has 0 amide bonds. The zero-order chi connectivity index (χ0) is 15.2. The molecular formula is C16H16F3NO.